The Labute approximate surface area is 253 Å². The zero-order valence-electron chi connectivity index (χ0n) is 22.4. The number of tetrazole rings is 1. The molecule has 11 nitrogen and oxygen atoms in total. The van der Waals surface area contributed by atoms with Crippen molar-refractivity contribution in [2.45, 2.75) is 25.2 Å². The summed E-state index contributed by atoms with van der Waals surface area (Å²) in [6, 6.07) is 6.65. The quantitative estimate of drug-likeness (QED) is 0.122. The predicted molar refractivity (Wildman–Crippen MR) is 144 cm³/mol. The molecule has 0 aliphatic carbocycles. The molecule has 6 aromatic rings. The van der Waals surface area contributed by atoms with Gasteiger partial charge in [-0.05, 0) is 40.3 Å². The molecule has 0 bridgehead atoms. The summed E-state index contributed by atoms with van der Waals surface area (Å²) in [6.07, 6.45) is 3.46. The molecule has 45 heavy (non-hydrogen) atoms. The van der Waals surface area contributed by atoms with Crippen LogP contribution in [0, 0.1) is 11.0 Å². The minimum Gasteiger partial charge on any atom is -0.618 e. The van der Waals surface area contributed by atoms with Crippen molar-refractivity contribution in [2.24, 2.45) is 0 Å². The lowest BCUT2D eigenvalue weighted by molar-refractivity contribution is -0.615. The molecule has 0 amide bonds. The third-order valence-corrected chi connectivity index (χ3v) is 7.17. The Morgan fingerprint density at radius 1 is 0.978 bits per heavy atom. The van der Waals surface area contributed by atoms with E-state index >= 15 is 4.39 Å². The maximum atomic E-state index is 15.3. The van der Waals surface area contributed by atoms with Crippen molar-refractivity contribution in [3.63, 3.8) is 0 Å². The SMILES string of the molecule is [O-][n+]1cc(-c2c(-n3cnnn3)ccc(Cl)c2F)ccc1[C@H](Cc1ccc(C(F)(F)F)nc1)n1cc(-c2cncn2C(F)F)cn1. The first-order chi connectivity index (χ1) is 21.5. The Bertz CT molecular complexity index is 1960. The lowest BCUT2D eigenvalue weighted by Gasteiger charge is -2.19. The molecule has 1 aromatic carbocycles. The van der Waals surface area contributed by atoms with E-state index in [1.54, 1.807) is 0 Å². The van der Waals surface area contributed by atoms with Crippen LogP contribution in [0.25, 0.3) is 28.1 Å². The van der Waals surface area contributed by atoms with Gasteiger partial charge in [-0.3, -0.25) is 14.2 Å². The lowest BCUT2D eigenvalue weighted by atomic mass is 10.0. The molecule has 0 unspecified atom stereocenters. The van der Waals surface area contributed by atoms with E-state index in [9.17, 15) is 27.2 Å². The molecular formula is C27H17ClF6N10O. The minimum absolute atomic E-state index is 0.0436. The molecule has 0 aliphatic heterocycles. The molecule has 0 aliphatic rings. The largest absolute Gasteiger partial charge is 0.618 e. The van der Waals surface area contributed by atoms with Crippen molar-refractivity contribution in [1.82, 2.24) is 44.5 Å². The van der Waals surface area contributed by atoms with Gasteiger partial charge in [-0.15, -0.1) is 5.10 Å². The molecule has 0 saturated heterocycles. The maximum absolute atomic E-state index is 15.3. The molecule has 0 spiro atoms. The number of benzene rings is 1. The Hall–Kier alpha value is -5.32. The van der Waals surface area contributed by atoms with Gasteiger partial charge in [0.1, 0.15) is 18.1 Å². The highest BCUT2D eigenvalue weighted by atomic mass is 35.5. The first-order valence-corrected chi connectivity index (χ1v) is 13.2. The maximum Gasteiger partial charge on any atom is 0.433 e. The summed E-state index contributed by atoms with van der Waals surface area (Å²) >= 11 is 6.04. The summed E-state index contributed by atoms with van der Waals surface area (Å²) < 4.78 is 85.3. The van der Waals surface area contributed by atoms with Gasteiger partial charge in [-0.1, -0.05) is 17.7 Å². The number of nitrogens with zero attached hydrogens (tertiary/aromatic N) is 10. The number of imidazole rings is 1. The highest BCUT2D eigenvalue weighted by Crippen LogP contribution is 2.34. The number of pyridine rings is 2. The van der Waals surface area contributed by atoms with E-state index in [2.05, 4.69) is 30.6 Å². The smallest absolute Gasteiger partial charge is 0.433 e. The average Bonchev–Trinajstić information content (AvgIpc) is 3.79. The van der Waals surface area contributed by atoms with Crippen LogP contribution in [0.5, 0.6) is 0 Å². The monoisotopic (exact) mass is 646 g/mol. The van der Waals surface area contributed by atoms with Gasteiger partial charge in [0.15, 0.2) is 12.0 Å². The summed E-state index contributed by atoms with van der Waals surface area (Å²) in [5, 5.41) is 28.5. The van der Waals surface area contributed by atoms with Crippen LogP contribution >= 0.6 is 11.6 Å². The molecule has 0 N–H and O–H groups in total. The van der Waals surface area contributed by atoms with Crippen LogP contribution < -0.4 is 4.73 Å². The predicted octanol–water partition coefficient (Wildman–Crippen LogP) is 5.46. The first-order valence-electron chi connectivity index (χ1n) is 12.8. The number of hydrogen-bond acceptors (Lipinski definition) is 7. The summed E-state index contributed by atoms with van der Waals surface area (Å²) in [7, 11) is 0. The number of rotatable bonds is 8. The zero-order chi connectivity index (χ0) is 31.9. The fourth-order valence-corrected chi connectivity index (χ4v) is 4.93. The summed E-state index contributed by atoms with van der Waals surface area (Å²) in [5.41, 5.74) is -0.237. The van der Waals surface area contributed by atoms with Crippen molar-refractivity contribution in [2.75, 3.05) is 0 Å². The molecule has 230 valence electrons. The Morgan fingerprint density at radius 2 is 1.80 bits per heavy atom. The van der Waals surface area contributed by atoms with Crippen LogP contribution in [0.4, 0.5) is 26.3 Å². The van der Waals surface area contributed by atoms with Crippen LogP contribution in [-0.2, 0) is 12.6 Å². The fraction of sp³-hybridized carbons (Fsp3) is 0.148. The molecule has 6 rings (SSSR count). The van der Waals surface area contributed by atoms with E-state index in [4.69, 9.17) is 11.6 Å². The average molecular weight is 647 g/mol. The number of aromatic nitrogens is 10. The molecule has 18 heteroatoms. The Balaban J connectivity index is 1.43. The fourth-order valence-electron chi connectivity index (χ4n) is 4.77. The van der Waals surface area contributed by atoms with Gasteiger partial charge < -0.3 is 5.21 Å². The second kappa shape index (κ2) is 11.6. The summed E-state index contributed by atoms with van der Waals surface area (Å²) in [6.45, 7) is -2.89. The number of alkyl halides is 5. The third-order valence-electron chi connectivity index (χ3n) is 6.88. The Morgan fingerprint density at radius 3 is 2.47 bits per heavy atom. The van der Waals surface area contributed by atoms with Crippen molar-refractivity contribution in [1.29, 1.82) is 0 Å². The van der Waals surface area contributed by atoms with Crippen molar-refractivity contribution in [3.05, 3.63) is 113 Å². The lowest BCUT2D eigenvalue weighted by Crippen LogP contribution is -2.36. The standard InChI is InChI=1S/C27H17ClF6N10O/c28-18-3-5-20(43-14-37-39-40-43)24(25(18)29)16-2-4-19(44(45)12-16)21(7-15-1-6-23(36-8-15)27(32,33)34)42-11-17(9-38-42)22-10-35-13-41(22)26(30)31/h1-6,8-14,21,26H,7H2/t21-/m0/s1. The van der Waals surface area contributed by atoms with Gasteiger partial charge in [0.05, 0.1) is 46.3 Å². The molecule has 5 aromatic heterocycles. The van der Waals surface area contributed by atoms with E-state index in [1.165, 1.54) is 64.6 Å². The van der Waals surface area contributed by atoms with Gasteiger partial charge in [-0.2, -0.15) is 36.5 Å². The van der Waals surface area contributed by atoms with Crippen molar-refractivity contribution < 1.29 is 31.1 Å². The first kappa shape index (κ1) is 29.7. The van der Waals surface area contributed by atoms with Crippen molar-refractivity contribution in [3.8, 4) is 28.1 Å². The molecular weight excluding hydrogens is 630 g/mol. The van der Waals surface area contributed by atoms with E-state index < -0.39 is 30.3 Å². The normalized spacial score (nSPS) is 12.6. The Kier molecular flexibility index (Phi) is 7.69. The molecule has 5 heterocycles. The van der Waals surface area contributed by atoms with Crippen LogP contribution in [0.2, 0.25) is 5.02 Å². The van der Waals surface area contributed by atoms with Crippen LogP contribution in [0.1, 0.15) is 29.5 Å². The molecule has 0 fully saturated rings. The topological polar surface area (TPSA) is 119 Å². The van der Waals surface area contributed by atoms with Gasteiger partial charge in [0.2, 0.25) is 5.69 Å². The van der Waals surface area contributed by atoms with Gasteiger partial charge in [-0.25, -0.2) is 9.37 Å². The van der Waals surface area contributed by atoms with Gasteiger partial charge in [0.25, 0.3) is 0 Å². The number of halogens is 7. The van der Waals surface area contributed by atoms with Gasteiger partial charge >= 0.3 is 12.7 Å². The van der Waals surface area contributed by atoms with Crippen LogP contribution in [-0.4, -0.2) is 44.5 Å². The molecule has 0 saturated carbocycles. The van der Waals surface area contributed by atoms with Gasteiger partial charge in [0, 0.05) is 30.4 Å². The zero-order valence-corrected chi connectivity index (χ0v) is 23.1. The summed E-state index contributed by atoms with van der Waals surface area (Å²) in [4.78, 5) is 7.25. The second-order valence-corrected chi connectivity index (χ2v) is 10.0. The highest BCUT2D eigenvalue weighted by molar-refractivity contribution is 6.31. The van der Waals surface area contributed by atoms with Crippen LogP contribution in [0.3, 0.4) is 0 Å². The van der Waals surface area contributed by atoms with Crippen LogP contribution in [0.15, 0.2) is 80.0 Å². The summed E-state index contributed by atoms with van der Waals surface area (Å²) in [5.74, 6) is -0.836. The third kappa shape index (κ3) is 5.81. The molecule has 0 radical (unpaired) electrons. The number of hydrogen-bond donors (Lipinski definition) is 0. The second-order valence-electron chi connectivity index (χ2n) is 9.62. The molecule has 1 atom stereocenters. The minimum atomic E-state index is -4.66. The highest BCUT2D eigenvalue weighted by Gasteiger charge is 2.33. The van der Waals surface area contributed by atoms with E-state index in [-0.39, 0.29) is 45.2 Å². The van der Waals surface area contributed by atoms with E-state index in [1.807, 2.05) is 0 Å². The van der Waals surface area contributed by atoms with E-state index in [0.717, 1.165) is 24.8 Å². The van der Waals surface area contributed by atoms with Crippen molar-refractivity contribution >= 4 is 11.6 Å². The van der Waals surface area contributed by atoms with E-state index in [0.29, 0.717) is 14.9 Å².